The maximum absolute atomic E-state index is 12.3. The minimum Gasteiger partial charge on any atom is -0.379 e. The first-order valence-corrected chi connectivity index (χ1v) is 9.63. The molecule has 1 aromatic rings. The molecule has 1 fully saturated rings. The van der Waals surface area contributed by atoms with Gasteiger partial charge in [0.05, 0.1) is 13.2 Å². The molecule has 2 heterocycles. The van der Waals surface area contributed by atoms with Gasteiger partial charge in [-0.05, 0) is 32.1 Å². The first kappa shape index (κ1) is 18.8. The molecule has 2 aliphatic rings. The first-order chi connectivity index (χ1) is 12.8. The van der Waals surface area contributed by atoms with Gasteiger partial charge >= 0.3 is 0 Å². The number of amides is 1. The van der Waals surface area contributed by atoms with E-state index < -0.39 is 0 Å². The summed E-state index contributed by atoms with van der Waals surface area (Å²) in [4.78, 5) is 22.9. The summed E-state index contributed by atoms with van der Waals surface area (Å²) in [5.74, 6) is 0.549. The lowest BCUT2D eigenvalue weighted by Gasteiger charge is -2.26. The van der Waals surface area contributed by atoms with Crippen molar-refractivity contribution in [3.05, 3.63) is 29.7 Å². The summed E-state index contributed by atoms with van der Waals surface area (Å²) in [5.41, 5.74) is 1.87. The molecule has 1 saturated heterocycles. The zero-order valence-corrected chi connectivity index (χ0v) is 15.4. The summed E-state index contributed by atoms with van der Waals surface area (Å²) < 4.78 is 5.35. The van der Waals surface area contributed by atoms with E-state index in [0.29, 0.717) is 18.1 Å². The summed E-state index contributed by atoms with van der Waals surface area (Å²) in [6, 6.07) is 1.72. The van der Waals surface area contributed by atoms with Crippen LogP contribution in [-0.2, 0) is 4.74 Å². The molecule has 1 aromatic heterocycles. The molecule has 0 saturated carbocycles. The van der Waals surface area contributed by atoms with Crippen LogP contribution in [-0.4, -0.2) is 66.7 Å². The lowest BCUT2D eigenvalue weighted by Crippen LogP contribution is -2.39. The second kappa shape index (κ2) is 10.2. The molecule has 1 aliphatic heterocycles. The maximum Gasteiger partial charge on any atom is 0.270 e. The van der Waals surface area contributed by atoms with Crippen LogP contribution in [0.3, 0.4) is 0 Å². The monoisotopic (exact) mass is 359 g/mol. The van der Waals surface area contributed by atoms with E-state index in [0.717, 1.165) is 45.8 Å². The van der Waals surface area contributed by atoms with Crippen molar-refractivity contribution >= 4 is 11.7 Å². The molecule has 0 aromatic carbocycles. The minimum atomic E-state index is -0.139. The highest BCUT2D eigenvalue weighted by molar-refractivity contribution is 5.92. The van der Waals surface area contributed by atoms with Gasteiger partial charge in [-0.3, -0.25) is 9.69 Å². The SMILES string of the molecule is O=C(NCCC1=CCCCC1)c1cc(NCCN2CCOCC2)ncn1. The molecule has 1 aliphatic carbocycles. The van der Waals surface area contributed by atoms with Crippen LogP contribution in [0.5, 0.6) is 0 Å². The molecule has 0 radical (unpaired) electrons. The van der Waals surface area contributed by atoms with E-state index in [2.05, 4.69) is 31.6 Å². The van der Waals surface area contributed by atoms with Crippen LogP contribution >= 0.6 is 0 Å². The number of nitrogens with zero attached hydrogens (tertiary/aromatic N) is 3. The highest BCUT2D eigenvalue weighted by Crippen LogP contribution is 2.19. The minimum absolute atomic E-state index is 0.139. The number of rotatable bonds is 8. The van der Waals surface area contributed by atoms with E-state index in [1.165, 1.54) is 37.6 Å². The zero-order chi connectivity index (χ0) is 18.0. The number of hydrogen-bond donors (Lipinski definition) is 2. The Morgan fingerprint density at radius 1 is 1.19 bits per heavy atom. The molecule has 7 nitrogen and oxygen atoms in total. The number of carbonyl (C=O) groups excluding carboxylic acids is 1. The topological polar surface area (TPSA) is 79.4 Å². The summed E-state index contributed by atoms with van der Waals surface area (Å²) in [7, 11) is 0. The Labute approximate surface area is 155 Å². The van der Waals surface area contributed by atoms with Crippen LogP contribution < -0.4 is 10.6 Å². The van der Waals surface area contributed by atoms with Crippen molar-refractivity contribution in [2.75, 3.05) is 51.3 Å². The molecule has 0 atom stereocenters. The van der Waals surface area contributed by atoms with Gasteiger partial charge in [0.15, 0.2) is 0 Å². The van der Waals surface area contributed by atoms with E-state index in [-0.39, 0.29) is 5.91 Å². The maximum atomic E-state index is 12.3. The standard InChI is InChI=1S/C19H29N5O2/c25-19(21-7-6-16-4-2-1-3-5-16)17-14-18(23-15-22-17)20-8-9-24-10-12-26-13-11-24/h4,14-15H,1-3,5-13H2,(H,21,25)(H,20,22,23). The average Bonchev–Trinajstić information content (AvgIpc) is 2.70. The van der Waals surface area contributed by atoms with Crippen LogP contribution in [0.4, 0.5) is 5.82 Å². The lowest BCUT2D eigenvalue weighted by molar-refractivity contribution is 0.0398. The summed E-state index contributed by atoms with van der Waals surface area (Å²) in [6.07, 6.45) is 9.59. The van der Waals surface area contributed by atoms with Crippen LogP contribution in [0.2, 0.25) is 0 Å². The predicted octanol–water partition coefficient (Wildman–Crippen LogP) is 1.84. The van der Waals surface area contributed by atoms with Crippen molar-refractivity contribution in [2.45, 2.75) is 32.1 Å². The van der Waals surface area contributed by atoms with Crippen LogP contribution in [0, 0.1) is 0 Å². The van der Waals surface area contributed by atoms with Gasteiger partial charge in [0.1, 0.15) is 17.8 Å². The second-order valence-corrected chi connectivity index (χ2v) is 6.78. The Hall–Kier alpha value is -1.99. The summed E-state index contributed by atoms with van der Waals surface area (Å²) >= 11 is 0. The van der Waals surface area contributed by atoms with E-state index in [1.807, 2.05) is 0 Å². The number of allylic oxidation sites excluding steroid dienone is 1. The van der Waals surface area contributed by atoms with E-state index in [4.69, 9.17) is 4.74 Å². The van der Waals surface area contributed by atoms with Gasteiger partial charge in [-0.15, -0.1) is 0 Å². The van der Waals surface area contributed by atoms with Gasteiger partial charge in [0.25, 0.3) is 5.91 Å². The van der Waals surface area contributed by atoms with Gasteiger partial charge in [-0.2, -0.15) is 0 Å². The van der Waals surface area contributed by atoms with E-state index >= 15 is 0 Å². The van der Waals surface area contributed by atoms with Gasteiger partial charge in [-0.25, -0.2) is 9.97 Å². The van der Waals surface area contributed by atoms with Gasteiger partial charge in [0, 0.05) is 38.8 Å². The van der Waals surface area contributed by atoms with E-state index in [1.54, 1.807) is 6.07 Å². The Balaban J connectivity index is 1.40. The third-order valence-electron chi connectivity index (χ3n) is 4.85. The van der Waals surface area contributed by atoms with Gasteiger partial charge < -0.3 is 15.4 Å². The number of nitrogens with one attached hydrogen (secondary N) is 2. The largest absolute Gasteiger partial charge is 0.379 e. The highest BCUT2D eigenvalue weighted by atomic mass is 16.5. The second-order valence-electron chi connectivity index (χ2n) is 6.78. The molecule has 142 valence electrons. The van der Waals surface area contributed by atoms with Crippen molar-refractivity contribution < 1.29 is 9.53 Å². The molecule has 3 rings (SSSR count). The number of ether oxygens (including phenoxy) is 1. The fourth-order valence-corrected chi connectivity index (χ4v) is 3.30. The molecular weight excluding hydrogens is 330 g/mol. The number of hydrogen-bond acceptors (Lipinski definition) is 6. The first-order valence-electron chi connectivity index (χ1n) is 9.63. The van der Waals surface area contributed by atoms with Crippen LogP contribution in [0.15, 0.2) is 24.0 Å². The van der Waals surface area contributed by atoms with E-state index in [9.17, 15) is 4.79 Å². The summed E-state index contributed by atoms with van der Waals surface area (Å²) in [5, 5.41) is 6.23. The Morgan fingerprint density at radius 2 is 2.08 bits per heavy atom. The number of morpholine rings is 1. The molecule has 0 bridgehead atoms. The average molecular weight is 359 g/mol. The predicted molar refractivity (Wildman–Crippen MR) is 101 cm³/mol. The molecule has 0 unspecified atom stereocenters. The highest BCUT2D eigenvalue weighted by Gasteiger charge is 2.11. The third-order valence-corrected chi connectivity index (χ3v) is 4.85. The van der Waals surface area contributed by atoms with Gasteiger partial charge in [0.2, 0.25) is 0 Å². The number of aromatic nitrogens is 2. The molecule has 2 N–H and O–H groups in total. The number of anilines is 1. The lowest BCUT2D eigenvalue weighted by atomic mass is 9.97. The molecule has 1 amide bonds. The van der Waals surface area contributed by atoms with Crippen LogP contribution in [0.25, 0.3) is 0 Å². The third kappa shape index (κ3) is 6.07. The molecule has 0 spiro atoms. The van der Waals surface area contributed by atoms with Crippen molar-refractivity contribution in [3.8, 4) is 0 Å². The number of carbonyl (C=O) groups is 1. The van der Waals surface area contributed by atoms with Crippen molar-refractivity contribution in [1.29, 1.82) is 0 Å². The van der Waals surface area contributed by atoms with Crippen molar-refractivity contribution in [3.63, 3.8) is 0 Å². The molecule has 7 heteroatoms. The molecule has 26 heavy (non-hydrogen) atoms. The molecular formula is C19H29N5O2. The Morgan fingerprint density at radius 3 is 2.88 bits per heavy atom. The smallest absolute Gasteiger partial charge is 0.270 e. The van der Waals surface area contributed by atoms with Crippen molar-refractivity contribution in [2.24, 2.45) is 0 Å². The summed E-state index contributed by atoms with van der Waals surface area (Å²) in [6.45, 7) is 5.92. The zero-order valence-electron chi connectivity index (χ0n) is 15.4. The Kier molecular flexibility index (Phi) is 7.39. The fourth-order valence-electron chi connectivity index (χ4n) is 3.30. The van der Waals surface area contributed by atoms with Crippen molar-refractivity contribution in [1.82, 2.24) is 20.2 Å². The Bertz CT molecular complexity index is 614. The quantitative estimate of drug-likeness (QED) is 0.690. The van der Waals surface area contributed by atoms with Crippen LogP contribution in [0.1, 0.15) is 42.6 Å². The normalized spacial score (nSPS) is 18.2. The van der Waals surface area contributed by atoms with Gasteiger partial charge in [-0.1, -0.05) is 11.6 Å². The fraction of sp³-hybridized carbons (Fsp3) is 0.632.